The number of aryl methyl sites for hydroxylation is 1. The molecule has 0 fully saturated rings. The molecule has 1 N–H and O–H groups in total. The van der Waals surface area contributed by atoms with Crippen molar-refractivity contribution in [1.82, 2.24) is 19.7 Å². The van der Waals surface area contributed by atoms with E-state index in [-0.39, 0.29) is 10.0 Å². The zero-order chi connectivity index (χ0) is 18.9. The minimum absolute atomic E-state index is 0.0497. The van der Waals surface area contributed by atoms with Crippen molar-refractivity contribution in [2.75, 3.05) is 4.72 Å². The molecule has 9 heteroatoms. The maximum absolute atomic E-state index is 12.6. The third-order valence-electron chi connectivity index (χ3n) is 4.49. The highest BCUT2D eigenvalue weighted by atomic mass is 35.5. The number of halogens is 1. The maximum Gasteiger partial charge on any atom is 0.263 e. The molecule has 7 nitrogen and oxygen atoms in total. The van der Waals surface area contributed by atoms with Crippen LogP contribution < -0.4 is 4.72 Å². The van der Waals surface area contributed by atoms with E-state index in [0.717, 1.165) is 43.0 Å². The Hall–Kier alpha value is -2.45. The van der Waals surface area contributed by atoms with Crippen LogP contribution in [0.3, 0.4) is 0 Å². The van der Waals surface area contributed by atoms with E-state index in [1.54, 1.807) is 18.2 Å². The zero-order valence-corrected chi connectivity index (χ0v) is 16.0. The molecule has 4 rings (SSSR count). The predicted molar refractivity (Wildman–Crippen MR) is 103 cm³/mol. The number of rotatable bonds is 4. The molecule has 0 spiro atoms. The molecule has 0 saturated carbocycles. The Morgan fingerprint density at radius 3 is 2.78 bits per heavy atom. The lowest BCUT2D eigenvalue weighted by atomic mass is 10.2. The van der Waals surface area contributed by atoms with Crippen molar-refractivity contribution in [3.63, 3.8) is 0 Å². The summed E-state index contributed by atoms with van der Waals surface area (Å²) in [5, 5.41) is 8.87. The SMILES string of the molecule is O=S(=O)(Nc1cccc(-c2nnc3n2CCCCC3)c1)c1ccc(Cl)nc1. The number of benzene rings is 1. The Morgan fingerprint density at radius 1 is 1.07 bits per heavy atom. The molecule has 0 aliphatic carbocycles. The number of pyridine rings is 1. The number of hydrogen-bond acceptors (Lipinski definition) is 5. The van der Waals surface area contributed by atoms with E-state index >= 15 is 0 Å². The smallest absolute Gasteiger partial charge is 0.263 e. The number of aromatic nitrogens is 4. The highest BCUT2D eigenvalue weighted by molar-refractivity contribution is 7.92. The van der Waals surface area contributed by atoms with Crippen LogP contribution in [0.4, 0.5) is 5.69 Å². The lowest BCUT2D eigenvalue weighted by molar-refractivity contribution is 0.601. The monoisotopic (exact) mass is 403 g/mol. The van der Waals surface area contributed by atoms with E-state index in [1.165, 1.54) is 24.8 Å². The van der Waals surface area contributed by atoms with Gasteiger partial charge in [-0.1, -0.05) is 30.2 Å². The molecule has 0 radical (unpaired) electrons. The van der Waals surface area contributed by atoms with Crippen molar-refractivity contribution in [1.29, 1.82) is 0 Å². The molecule has 3 heterocycles. The minimum atomic E-state index is -3.75. The zero-order valence-electron chi connectivity index (χ0n) is 14.5. The highest BCUT2D eigenvalue weighted by Gasteiger charge is 2.18. The molecule has 0 saturated heterocycles. The minimum Gasteiger partial charge on any atom is -0.311 e. The third kappa shape index (κ3) is 3.81. The van der Waals surface area contributed by atoms with Gasteiger partial charge in [-0.15, -0.1) is 10.2 Å². The second kappa shape index (κ2) is 7.28. The van der Waals surface area contributed by atoms with Gasteiger partial charge in [0.05, 0.1) is 0 Å². The van der Waals surface area contributed by atoms with Crippen LogP contribution in [0, 0.1) is 0 Å². The molecule has 27 heavy (non-hydrogen) atoms. The molecule has 1 aliphatic heterocycles. The summed E-state index contributed by atoms with van der Waals surface area (Å²) >= 11 is 5.73. The maximum atomic E-state index is 12.6. The molecule has 1 aliphatic rings. The lowest BCUT2D eigenvalue weighted by Gasteiger charge is -2.10. The van der Waals surface area contributed by atoms with E-state index in [9.17, 15) is 8.42 Å². The van der Waals surface area contributed by atoms with Gasteiger partial charge < -0.3 is 4.57 Å². The van der Waals surface area contributed by atoms with Crippen molar-refractivity contribution in [2.45, 2.75) is 37.1 Å². The van der Waals surface area contributed by atoms with Gasteiger partial charge in [-0.2, -0.15) is 0 Å². The average Bonchev–Trinajstić information content (AvgIpc) is 2.90. The molecule has 0 bridgehead atoms. The Kier molecular flexibility index (Phi) is 4.84. The van der Waals surface area contributed by atoms with E-state index in [0.29, 0.717) is 5.69 Å². The summed E-state index contributed by atoms with van der Waals surface area (Å²) in [7, 11) is -3.75. The standard InChI is InChI=1S/C18H18ClN5O2S/c19-16-9-8-15(12-20-16)27(25,26)23-14-6-4-5-13(11-14)18-22-21-17-7-2-1-3-10-24(17)18/h4-6,8-9,11-12,23H,1-3,7,10H2. The quantitative estimate of drug-likeness (QED) is 0.673. The first kappa shape index (κ1) is 17.9. The number of nitrogens with zero attached hydrogens (tertiary/aromatic N) is 4. The molecular weight excluding hydrogens is 386 g/mol. The van der Waals surface area contributed by atoms with Gasteiger partial charge in [0.25, 0.3) is 10.0 Å². The van der Waals surface area contributed by atoms with Crippen molar-refractivity contribution in [2.24, 2.45) is 0 Å². The summed E-state index contributed by atoms with van der Waals surface area (Å²) < 4.78 is 29.8. The van der Waals surface area contributed by atoms with E-state index < -0.39 is 10.0 Å². The molecule has 1 aromatic carbocycles. The molecule has 0 atom stereocenters. The van der Waals surface area contributed by atoms with Crippen LogP contribution >= 0.6 is 11.6 Å². The van der Waals surface area contributed by atoms with Crippen molar-refractivity contribution >= 4 is 27.3 Å². The summed E-state index contributed by atoms with van der Waals surface area (Å²) in [6, 6.07) is 10.0. The predicted octanol–water partition coefficient (Wildman–Crippen LogP) is 3.52. The molecule has 0 unspecified atom stereocenters. The van der Waals surface area contributed by atoms with Crippen molar-refractivity contribution in [3.8, 4) is 11.4 Å². The third-order valence-corrected chi connectivity index (χ3v) is 6.08. The summed E-state index contributed by atoms with van der Waals surface area (Å²) in [5.74, 6) is 1.75. The Balaban J connectivity index is 1.64. The fraction of sp³-hybridized carbons (Fsp3) is 0.278. The number of fused-ring (bicyclic) bond motifs is 1. The molecule has 2 aromatic heterocycles. The summed E-state index contributed by atoms with van der Waals surface area (Å²) in [6.07, 6.45) is 5.54. The number of anilines is 1. The van der Waals surface area contributed by atoms with Crippen LogP contribution in [-0.2, 0) is 23.0 Å². The van der Waals surface area contributed by atoms with Gasteiger partial charge >= 0.3 is 0 Å². The molecule has 140 valence electrons. The van der Waals surface area contributed by atoms with Crippen LogP contribution in [0.25, 0.3) is 11.4 Å². The van der Waals surface area contributed by atoms with Gasteiger partial charge in [0, 0.05) is 30.4 Å². The summed E-state index contributed by atoms with van der Waals surface area (Å²) in [6.45, 7) is 0.879. The van der Waals surface area contributed by atoms with Crippen LogP contribution in [0.5, 0.6) is 0 Å². The van der Waals surface area contributed by atoms with Crippen LogP contribution in [0.2, 0.25) is 5.15 Å². The molecule has 3 aromatic rings. The molecular formula is C18H18ClN5O2S. The van der Waals surface area contributed by atoms with E-state index in [1.807, 2.05) is 6.07 Å². The second-order valence-electron chi connectivity index (χ2n) is 6.41. The van der Waals surface area contributed by atoms with Crippen molar-refractivity contribution < 1.29 is 8.42 Å². The van der Waals surface area contributed by atoms with E-state index in [2.05, 4.69) is 24.5 Å². The fourth-order valence-corrected chi connectivity index (χ4v) is 4.26. The number of hydrogen-bond donors (Lipinski definition) is 1. The normalized spacial score (nSPS) is 14.4. The summed E-state index contributed by atoms with van der Waals surface area (Å²) in [5.41, 5.74) is 1.28. The van der Waals surface area contributed by atoms with Crippen LogP contribution in [0.15, 0.2) is 47.5 Å². The second-order valence-corrected chi connectivity index (χ2v) is 8.47. The van der Waals surface area contributed by atoms with Gasteiger partial charge in [0.15, 0.2) is 5.82 Å². The fourth-order valence-electron chi connectivity index (χ4n) is 3.16. The van der Waals surface area contributed by atoms with Gasteiger partial charge in [0.1, 0.15) is 15.9 Å². The highest BCUT2D eigenvalue weighted by Crippen LogP contribution is 2.26. The average molecular weight is 404 g/mol. The van der Waals surface area contributed by atoms with Crippen LogP contribution in [0.1, 0.15) is 25.1 Å². The van der Waals surface area contributed by atoms with Gasteiger partial charge in [-0.25, -0.2) is 13.4 Å². The Bertz CT molecular complexity index is 1060. The van der Waals surface area contributed by atoms with Crippen LogP contribution in [-0.4, -0.2) is 28.2 Å². The van der Waals surface area contributed by atoms with Gasteiger partial charge in [-0.05, 0) is 37.1 Å². The van der Waals surface area contributed by atoms with E-state index in [4.69, 9.17) is 11.6 Å². The Morgan fingerprint density at radius 2 is 1.96 bits per heavy atom. The lowest BCUT2D eigenvalue weighted by Crippen LogP contribution is -2.13. The summed E-state index contributed by atoms with van der Waals surface area (Å²) in [4.78, 5) is 3.88. The number of sulfonamides is 1. The van der Waals surface area contributed by atoms with Gasteiger partial charge in [-0.3, -0.25) is 4.72 Å². The Labute approximate surface area is 162 Å². The largest absolute Gasteiger partial charge is 0.311 e. The first-order valence-electron chi connectivity index (χ1n) is 8.70. The topological polar surface area (TPSA) is 89.8 Å². The number of nitrogens with one attached hydrogen (secondary N) is 1. The molecule has 0 amide bonds. The first-order chi connectivity index (χ1) is 13.0. The van der Waals surface area contributed by atoms with Crippen molar-refractivity contribution in [3.05, 3.63) is 53.6 Å². The first-order valence-corrected chi connectivity index (χ1v) is 10.6. The van der Waals surface area contributed by atoms with Gasteiger partial charge in [0.2, 0.25) is 0 Å².